The molecule has 1 aromatic heterocycles. The van der Waals surface area contributed by atoms with Crippen molar-refractivity contribution in [2.45, 2.75) is 0 Å². The second kappa shape index (κ2) is 3.35. The average Bonchev–Trinajstić information content (AvgIpc) is 2.70. The van der Waals surface area contributed by atoms with Crippen LogP contribution in [-0.4, -0.2) is 7.11 Å². The summed E-state index contributed by atoms with van der Waals surface area (Å²) >= 11 is 0. The Labute approximate surface area is 76.8 Å². The minimum atomic E-state index is 0.775. The van der Waals surface area contributed by atoms with Crippen LogP contribution in [0.1, 0.15) is 0 Å². The number of furan rings is 1. The lowest BCUT2D eigenvalue weighted by Crippen LogP contribution is -1.85. The van der Waals surface area contributed by atoms with Gasteiger partial charge < -0.3 is 9.15 Å². The van der Waals surface area contributed by atoms with Gasteiger partial charge in [-0.25, -0.2) is 0 Å². The fourth-order valence-electron chi connectivity index (χ4n) is 1.23. The summed E-state index contributed by atoms with van der Waals surface area (Å²) in [5.74, 6) is 1.59. The van der Waals surface area contributed by atoms with E-state index in [0.717, 1.165) is 17.1 Å². The third kappa shape index (κ3) is 1.43. The smallest absolute Gasteiger partial charge is 0.170 e. The zero-order valence-corrected chi connectivity index (χ0v) is 7.28. The van der Waals surface area contributed by atoms with E-state index in [1.54, 1.807) is 13.2 Å². The summed E-state index contributed by atoms with van der Waals surface area (Å²) in [5, 5.41) is 0. The first-order valence-corrected chi connectivity index (χ1v) is 4.01. The summed E-state index contributed by atoms with van der Waals surface area (Å²) in [5.41, 5.74) is 0.950. The van der Waals surface area contributed by atoms with E-state index in [2.05, 4.69) is 6.26 Å². The van der Waals surface area contributed by atoms with Gasteiger partial charge in [-0.2, -0.15) is 0 Å². The van der Waals surface area contributed by atoms with E-state index in [-0.39, 0.29) is 0 Å². The molecule has 2 nitrogen and oxygen atoms in total. The molecule has 2 aromatic rings. The summed E-state index contributed by atoms with van der Waals surface area (Å²) < 4.78 is 10.4. The Balaban J connectivity index is 2.51. The second-order valence-corrected chi connectivity index (χ2v) is 2.62. The lowest BCUT2D eigenvalue weighted by molar-refractivity contribution is 0.414. The van der Waals surface area contributed by atoms with Crippen LogP contribution in [0.4, 0.5) is 0 Å². The Morgan fingerprint density at radius 2 is 2.08 bits per heavy atom. The van der Waals surface area contributed by atoms with Gasteiger partial charge in [-0.05, 0) is 24.3 Å². The maximum Gasteiger partial charge on any atom is 0.170 e. The fraction of sp³-hybridized carbons (Fsp3) is 0.0909. The van der Waals surface area contributed by atoms with E-state index in [9.17, 15) is 0 Å². The number of para-hydroxylation sites is 1. The highest BCUT2D eigenvalue weighted by Gasteiger charge is 2.05. The van der Waals surface area contributed by atoms with Gasteiger partial charge in [0, 0.05) is 0 Å². The van der Waals surface area contributed by atoms with Crippen molar-refractivity contribution in [3.63, 3.8) is 0 Å². The molecule has 0 amide bonds. The summed E-state index contributed by atoms with van der Waals surface area (Å²) in [6, 6.07) is 11.3. The number of benzene rings is 1. The molecule has 1 heterocycles. The van der Waals surface area contributed by atoms with E-state index in [1.807, 2.05) is 30.3 Å². The quantitative estimate of drug-likeness (QED) is 0.696. The fourth-order valence-corrected chi connectivity index (χ4v) is 1.23. The molecule has 2 rings (SSSR count). The van der Waals surface area contributed by atoms with Crippen molar-refractivity contribution >= 4 is 0 Å². The molecular formula is C11H9O2. The van der Waals surface area contributed by atoms with Crippen LogP contribution in [0.15, 0.2) is 40.8 Å². The average molecular weight is 173 g/mol. The van der Waals surface area contributed by atoms with Crippen LogP contribution < -0.4 is 4.74 Å². The molecule has 0 unspecified atom stereocenters. The van der Waals surface area contributed by atoms with Crippen molar-refractivity contribution in [2.24, 2.45) is 0 Å². The van der Waals surface area contributed by atoms with E-state index in [4.69, 9.17) is 9.15 Å². The van der Waals surface area contributed by atoms with Crippen molar-refractivity contribution in [2.75, 3.05) is 7.11 Å². The normalized spacial score (nSPS) is 9.92. The van der Waals surface area contributed by atoms with Crippen LogP contribution in [0.3, 0.4) is 0 Å². The first-order chi connectivity index (χ1) is 6.42. The second-order valence-electron chi connectivity index (χ2n) is 2.62. The third-order valence-corrected chi connectivity index (χ3v) is 1.84. The van der Waals surface area contributed by atoms with E-state index >= 15 is 0 Å². The topological polar surface area (TPSA) is 22.4 Å². The van der Waals surface area contributed by atoms with Gasteiger partial charge in [-0.15, -0.1) is 0 Å². The van der Waals surface area contributed by atoms with Crippen molar-refractivity contribution in [3.05, 3.63) is 42.7 Å². The highest BCUT2D eigenvalue weighted by Crippen LogP contribution is 2.29. The van der Waals surface area contributed by atoms with E-state index in [0.29, 0.717) is 0 Å². The van der Waals surface area contributed by atoms with Crippen LogP contribution in [0.5, 0.6) is 5.75 Å². The summed E-state index contributed by atoms with van der Waals surface area (Å²) in [6.45, 7) is 0. The molecule has 2 heteroatoms. The van der Waals surface area contributed by atoms with Gasteiger partial charge in [0.05, 0.1) is 12.7 Å². The number of hydrogen-bond donors (Lipinski definition) is 0. The van der Waals surface area contributed by atoms with E-state index in [1.165, 1.54) is 0 Å². The number of methoxy groups -OCH3 is 1. The minimum Gasteiger partial charge on any atom is -0.496 e. The van der Waals surface area contributed by atoms with Crippen molar-refractivity contribution < 1.29 is 9.15 Å². The van der Waals surface area contributed by atoms with Crippen LogP contribution in [0, 0.1) is 6.26 Å². The van der Waals surface area contributed by atoms with Gasteiger partial charge >= 0.3 is 0 Å². The summed E-state index contributed by atoms with van der Waals surface area (Å²) in [6.07, 6.45) is 2.65. The Hall–Kier alpha value is -1.70. The maximum absolute atomic E-state index is 5.20. The molecule has 0 bridgehead atoms. The van der Waals surface area contributed by atoms with Crippen molar-refractivity contribution in [3.8, 4) is 17.1 Å². The largest absolute Gasteiger partial charge is 0.496 e. The van der Waals surface area contributed by atoms with Gasteiger partial charge in [0.25, 0.3) is 0 Å². The molecule has 1 radical (unpaired) electrons. The third-order valence-electron chi connectivity index (χ3n) is 1.84. The first-order valence-electron chi connectivity index (χ1n) is 4.01. The molecule has 0 saturated carbocycles. The standard InChI is InChI=1S/C11H9O2/c1-12-10-6-3-2-5-9(10)11-7-4-8-13-11/h2-7H,1H3. The van der Waals surface area contributed by atoms with Crippen LogP contribution in [-0.2, 0) is 0 Å². The molecule has 0 aliphatic rings. The molecule has 0 aliphatic carbocycles. The Bertz CT molecular complexity index is 377. The van der Waals surface area contributed by atoms with Gasteiger partial charge in [-0.1, -0.05) is 12.1 Å². The van der Waals surface area contributed by atoms with E-state index < -0.39 is 0 Å². The first kappa shape index (κ1) is 7.92. The van der Waals surface area contributed by atoms with Crippen LogP contribution in [0.25, 0.3) is 11.3 Å². The highest BCUT2D eigenvalue weighted by molar-refractivity contribution is 5.65. The molecule has 0 saturated heterocycles. The monoisotopic (exact) mass is 173 g/mol. The number of hydrogen-bond acceptors (Lipinski definition) is 2. The molecule has 0 fully saturated rings. The lowest BCUT2D eigenvalue weighted by atomic mass is 10.1. The lowest BCUT2D eigenvalue weighted by Gasteiger charge is -2.04. The zero-order chi connectivity index (χ0) is 9.10. The molecule has 65 valence electrons. The molecule has 0 atom stereocenters. The van der Waals surface area contributed by atoms with Gasteiger partial charge in [-0.3, -0.25) is 0 Å². The molecule has 0 aliphatic heterocycles. The van der Waals surface area contributed by atoms with Crippen LogP contribution in [0.2, 0.25) is 0 Å². The summed E-state index contributed by atoms with van der Waals surface area (Å²) in [4.78, 5) is 0. The van der Waals surface area contributed by atoms with Crippen molar-refractivity contribution in [1.29, 1.82) is 0 Å². The number of rotatable bonds is 2. The Kier molecular flexibility index (Phi) is 2.04. The molecule has 0 spiro atoms. The van der Waals surface area contributed by atoms with Gasteiger partial charge in [0.15, 0.2) is 6.26 Å². The number of ether oxygens (including phenoxy) is 1. The zero-order valence-electron chi connectivity index (χ0n) is 7.28. The Morgan fingerprint density at radius 1 is 1.23 bits per heavy atom. The Morgan fingerprint density at radius 3 is 2.77 bits per heavy atom. The SMILES string of the molecule is COc1ccccc1-c1cc[c]o1. The maximum atomic E-state index is 5.20. The molecule has 1 aromatic carbocycles. The minimum absolute atomic E-state index is 0.775. The highest BCUT2D eigenvalue weighted by atomic mass is 16.5. The molecule has 0 N–H and O–H groups in total. The van der Waals surface area contributed by atoms with Crippen LogP contribution >= 0.6 is 0 Å². The predicted octanol–water partition coefficient (Wildman–Crippen LogP) is 2.76. The summed E-state index contributed by atoms with van der Waals surface area (Å²) in [7, 11) is 1.64. The van der Waals surface area contributed by atoms with Gasteiger partial charge in [0.2, 0.25) is 0 Å². The van der Waals surface area contributed by atoms with Gasteiger partial charge in [0.1, 0.15) is 11.5 Å². The predicted molar refractivity (Wildman–Crippen MR) is 49.5 cm³/mol. The molecular weight excluding hydrogens is 164 g/mol. The van der Waals surface area contributed by atoms with Crippen molar-refractivity contribution in [1.82, 2.24) is 0 Å². The molecule has 13 heavy (non-hydrogen) atoms.